The van der Waals surface area contributed by atoms with Crippen LogP contribution in [0, 0.1) is 0 Å². The van der Waals surface area contributed by atoms with Gasteiger partial charge in [-0.1, -0.05) is 60.7 Å². The summed E-state index contributed by atoms with van der Waals surface area (Å²) in [6.07, 6.45) is -0.633. The van der Waals surface area contributed by atoms with Crippen molar-refractivity contribution in [3.63, 3.8) is 0 Å². The lowest BCUT2D eigenvalue weighted by Gasteiger charge is -2.14. The second kappa shape index (κ2) is 7.83. The third-order valence-corrected chi connectivity index (χ3v) is 3.16. The largest absolute Gasteiger partial charge is 0.481 e. The molecule has 2 aromatic rings. The summed E-state index contributed by atoms with van der Waals surface area (Å²) in [6, 6.07) is 18.0. The zero-order chi connectivity index (χ0) is 15.8. The van der Waals surface area contributed by atoms with E-state index < -0.39 is 18.0 Å². The van der Waals surface area contributed by atoms with Crippen molar-refractivity contribution < 1.29 is 19.4 Å². The monoisotopic (exact) mass is 299 g/mol. The third-order valence-electron chi connectivity index (χ3n) is 3.16. The summed E-state index contributed by atoms with van der Waals surface area (Å²) >= 11 is 0. The highest BCUT2D eigenvalue weighted by Crippen LogP contribution is 2.14. The van der Waals surface area contributed by atoms with Gasteiger partial charge in [-0.25, -0.2) is 4.79 Å². The maximum Gasteiger partial charge on any atom is 0.407 e. The molecule has 22 heavy (non-hydrogen) atoms. The van der Waals surface area contributed by atoms with Gasteiger partial charge in [-0.05, 0) is 11.1 Å². The summed E-state index contributed by atoms with van der Waals surface area (Å²) in [5.74, 6) is -1.79. The van der Waals surface area contributed by atoms with Crippen LogP contribution in [0.4, 0.5) is 4.79 Å². The molecule has 0 spiro atoms. The SMILES string of the molecule is O=C(NC[C@H](C(=O)O)c1ccccc1)OCc1ccccc1. The first-order valence-electron chi connectivity index (χ1n) is 6.89. The number of alkyl carbamates (subject to hydrolysis) is 1. The van der Waals surface area contributed by atoms with Crippen molar-refractivity contribution in [2.45, 2.75) is 12.5 Å². The molecule has 0 unspecified atom stereocenters. The predicted octanol–water partition coefficient (Wildman–Crippen LogP) is 2.78. The molecule has 0 radical (unpaired) electrons. The lowest BCUT2D eigenvalue weighted by molar-refractivity contribution is -0.138. The summed E-state index contributed by atoms with van der Waals surface area (Å²) in [7, 11) is 0. The standard InChI is InChI=1S/C17H17NO4/c19-16(20)15(14-9-5-2-6-10-14)11-18-17(21)22-12-13-7-3-1-4-8-13/h1-10,15H,11-12H2,(H,18,21)(H,19,20)/t15-/m0/s1. The average molecular weight is 299 g/mol. The van der Waals surface area contributed by atoms with Gasteiger partial charge in [0, 0.05) is 6.54 Å². The van der Waals surface area contributed by atoms with Crippen molar-refractivity contribution in [3.05, 3.63) is 71.8 Å². The molecule has 1 amide bonds. The molecule has 2 N–H and O–H groups in total. The topological polar surface area (TPSA) is 75.6 Å². The molecule has 5 nitrogen and oxygen atoms in total. The Hall–Kier alpha value is -2.82. The van der Waals surface area contributed by atoms with Gasteiger partial charge in [0.1, 0.15) is 6.61 Å². The van der Waals surface area contributed by atoms with Gasteiger partial charge in [0.2, 0.25) is 0 Å². The molecule has 0 aromatic heterocycles. The van der Waals surface area contributed by atoms with Crippen LogP contribution < -0.4 is 5.32 Å². The lowest BCUT2D eigenvalue weighted by Crippen LogP contribution is -2.32. The zero-order valence-corrected chi connectivity index (χ0v) is 11.9. The van der Waals surface area contributed by atoms with Crippen molar-refractivity contribution in [1.29, 1.82) is 0 Å². The van der Waals surface area contributed by atoms with E-state index in [0.29, 0.717) is 5.56 Å². The molecular weight excluding hydrogens is 282 g/mol. The second-order valence-electron chi connectivity index (χ2n) is 4.74. The number of nitrogens with one attached hydrogen (secondary N) is 1. The van der Waals surface area contributed by atoms with Gasteiger partial charge in [-0.15, -0.1) is 0 Å². The Morgan fingerprint density at radius 1 is 1.00 bits per heavy atom. The van der Waals surface area contributed by atoms with Crippen molar-refractivity contribution in [1.82, 2.24) is 5.32 Å². The Balaban J connectivity index is 1.85. The number of carboxylic acids is 1. The maximum atomic E-state index is 11.6. The van der Waals surface area contributed by atoms with E-state index in [0.717, 1.165) is 5.56 Å². The minimum atomic E-state index is -0.991. The lowest BCUT2D eigenvalue weighted by atomic mass is 9.99. The molecule has 1 atom stereocenters. The normalized spacial score (nSPS) is 11.5. The number of amides is 1. The van der Waals surface area contributed by atoms with Crippen LogP contribution >= 0.6 is 0 Å². The fraction of sp³-hybridized carbons (Fsp3) is 0.176. The highest BCUT2D eigenvalue weighted by Gasteiger charge is 2.20. The van der Waals surface area contributed by atoms with Gasteiger partial charge >= 0.3 is 12.1 Å². The average Bonchev–Trinajstić information content (AvgIpc) is 2.55. The summed E-state index contributed by atoms with van der Waals surface area (Å²) < 4.78 is 5.05. The molecule has 5 heteroatoms. The number of benzene rings is 2. The zero-order valence-electron chi connectivity index (χ0n) is 11.9. The second-order valence-corrected chi connectivity index (χ2v) is 4.74. The molecule has 0 aliphatic heterocycles. The van der Waals surface area contributed by atoms with Crippen LogP contribution in [-0.2, 0) is 16.1 Å². The molecular formula is C17H17NO4. The smallest absolute Gasteiger partial charge is 0.407 e. The van der Waals surface area contributed by atoms with E-state index in [1.807, 2.05) is 36.4 Å². The molecule has 2 aromatic carbocycles. The Kier molecular flexibility index (Phi) is 5.54. The first-order valence-corrected chi connectivity index (χ1v) is 6.89. The van der Waals surface area contributed by atoms with Crippen molar-refractivity contribution in [2.24, 2.45) is 0 Å². The van der Waals surface area contributed by atoms with E-state index in [-0.39, 0.29) is 13.2 Å². The fourth-order valence-electron chi connectivity index (χ4n) is 1.99. The van der Waals surface area contributed by atoms with Crippen LogP contribution in [0.25, 0.3) is 0 Å². The summed E-state index contributed by atoms with van der Waals surface area (Å²) in [4.78, 5) is 22.9. The maximum absolute atomic E-state index is 11.6. The van der Waals surface area contributed by atoms with E-state index in [1.165, 1.54) is 0 Å². The molecule has 114 valence electrons. The summed E-state index contributed by atoms with van der Waals surface area (Å²) in [6.45, 7) is 0.128. The number of hydrogen-bond donors (Lipinski definition) is 2. The van der Waals surface area contributed by atoms with E-state index in [4.69, 9.17) is 4.74 Å². The predicted molar refractivity (Wildman–Crippen MR) is 81.4 cm³/mol. The van der Waals surface area contributed by atoms with E-state index in [1.54, 1.807) is 24.3 Å². The molecule has 0 aliphatic carbocycles. The molecule has 0 saturated heterocycles. The Morgan fingerprint density at radius 3 is 2.18 bits per heavy atom. The first-order chi connectivity index (χ1) is 10.7. The third kappa shape index (κ3) is 4.63. The summed E-state index contributed by atoms with van der Waals surface area (Å²) in [5.41, 5.74) is 1.51. The van der Waals surface area contributed by atoms with Crippen LogP contribution in [0.1, 0.15) is 17.0 Å². The van der Waals surface area contributed by atoms with Gasteiger partial charge in [-0.3, -0.25) is 4.79 Å². The van der Waals surface area contributed by atoms with Gasteiger partial charge in [0.25, 0.3) is 0 Å². The Morgan fingerprint density at radius 2 is 1.59 bits per heavy atom. The van der Waals surface area contributed by atoms with Crippen LogP contribution in [0.2, 0.25) is 0 Å². The van der Waals surface area contributed by atoms with Crippen LogP contribution in [0.15, 0.2) is 60.7 Å². The number of carbonyl (C=O) groups excluding carboxylic acids is 1. The van der Waals surface area contributed by atoms with E-state index in [2.05, 4.69) is 5.32 Å². The van der Waals surface area contributed by atoms with Crippen molar-refractivity contribution in [3.8, 4) is 0 Å². The molecule has 0 heterocycles. The number of carbonyl (C=O) groups is 2. The quantitative estimate of drug-likeness (QED) is 0.860. The van der Waals surface area contributed by atoms with Crippen LogP contribution in [0.5, 0.6) is 0 Å². The highest BCUT2D eigenvalue weighted by molar-refractivity contribution is 5.77. The van der Waals surface area contributed by atoms with Crippen molar-refractivity contribution >= 4 is 12.1 Å². The van der Waals surface area contributed by atoms with Gasteiger partial charge in [0.15, 0.2) is 0 Å². The van der Waals surface area contributed by atoms with Crippen LogP contribution in [-0.4, -0.2) is 23.7 Å². The first kappa shape index (κ1) is 15.6. The number of hydrogen-bond acceptors (Lipinski definition) is 3. The van der Waals surface area contributed by atoms with E-state index >= 15 is 0 Å². The number of rotatable bonds is 6. The molecule has 2 rings (SSSR count). The minimum Gasteiger partial charge on any atom is -0.481 e. The fourth-order valence-corrected chi connectivity index (χ4v) is 1.99. The van der Waals surface area contributed by atoms with Crippen LogP contribution in [0.3, 0.4) is 0 Å². The van der Waals surface area contributed by atoms with Crippen molar-refractivity contribution in [2.75, 3.05) is 6.54 Å². The van der Waals surface area contributed by atoms with Gasteiger partial charge in [0.05, 0.1) is 5.92 Å². The number of ether oxygens (including phenoxy) is 1. The van der Waals surface area contributed by atoms with Gasteiger partial charge in [-0.2, -0.15) is 0 Å². The highest BCUT2D eigenvalue weighted by atomic mass is 16.5. The Labute approximate surface area is 128 Å². The Bertz CT molecular complexity index is 613. The summed E-state index contributed by atoms with van der Waals surface area (Å²) in [5, 5.41) is 11.7. The number of aliphatic carboxylic acids is 1. The molecule has 0 saturated carbocycles. The van der Waals surface area contributed by atoms with Gasteiger partial charge < -0.3 is 15.2 Å². The molecule has 0 bridgehead atoms. The van der Waals surface area contributed by atoms with E-state index in [9.17, 15) is 14.7 Å². The minimum absolute atomic E-state index is 0.0209. The number of carboxylic acid groups (broad SMARTS) is 1. The molecule has 0 aliphatic rings. The molecule has 0 fully saturated rings.